The summed E-state index contributed by atoms with van der Waals surface area (Å²) in [6, 6.07) is 1.87. The normalized spacial score (nSPS) is 12.7. The van der Waals surface area contributed by atoms with E-state index in [1.165, 1.54) is 13.2 Å². The van der Waals surface area contributed by atoms with Crippen LogP contribution in [0.15, 0.2) is 23.1 Å². The zero-order chi connectivity index (χ0) is 20.1. The van der Waals surface area contributed by atoms with Crippen LogP contribution in [-0.2, 0) is 24.3 Å². The van der Waals surface area contributed by atoms with Crippen LogP contribution >= 0.6 is 0 Å². The molecular formula is C15H20N2O8S. The SMILES string of the molecule is COC(=O)[C@@H](C(C)C)N(CC=O)S(=O)(=O)c1ccc(OC)cc1[N+](=O)[O-]. The summed E-state index contributed by atoms with van der Waals surface area (Å²) in [5.41, 5.74) is -0.729. The zero-order valence-electron chi connectivity index (χ0n) is 14.7. The molecule has 0 N–H and O–H groups in total. The van der Waals surface area contributed by atoms with E-state index in [1.807, 2.05) is 0 Å². The largest absolute Gasteiger partial charge is 0.497 e. The molecule has 0 aliphatic rings. The number of sulfonamides is 1. The number of ether oxygens (including phenoxy) is 2. The highest BCUT2D eigenvalue weighted by atomic mass is 32.2. The molecule has 0 unspecified atom stereocenters. The molecule has 0 amide bonds. The number of carbonyl (C=O) groups excluding carboxylic acids is 2. The second-order valence-corrected chi connectivity index (χ2v) is 7.40. The number of nitro benzene ring substituents is 1. The molecule has 0 spiro atoms. The minimum absolute atomic E-state index is 0.0889. The van der Waals surface area contributed by atoms with E-state index in [2.05, 4.69) is 4.74 Å². The van der Waals surface area contributed by atoms with Crippen molar-refractivity contribution >= 4 is 28.0 Å². The highest BCUT2D eigenvalue weighted by Crippen LogP contribution is 2.32. The fourth-order valence-corrected chi connectivity index (χ4v) is 4.16. The second kappa shape index (κ2) is 8.72. The Morgan fingerprint density at radius 2 is 1.96 bits per heavy atom. The fourth-order valence-electron chi connectivity index (χ4n) is 2.39. The van der Waals surface area contributed by atoms with Gasteiger partial charge in [-0.25, -0.2) is 8.42 Å². The first-order valence-electron chi connectivity index (χ1n) is 7.47. The lowest BCUT2D eigenvalue weighted by atomic mass is 10.0. The summed E-state index contributed by atoms with van der Waals surface area (Å²) in [4.78, 5) is 32.9. The molecule has 1 rings (SSSR count). The monoisotopic (exact) mass is 388 g/mol. The lowest BCUT2D eigenvalue weighted by molar-refractivity contribution is -0.387. The summed E-state index contributed by atoms with van der Waals surface area (Å²) in [6.07, 6.45) is 0.297. The van der Waals surface area contributed by atoms with E-state index in [-0.39, 0.29) is 5.75 Å². The molecule has 10 nitrogen and oxygen atoms in total. The summed E-state index contributed by atoms with van der Waals surface area (Å²) in [6.45, 7) is 2.47. The fraction of sp³-hybridized carbons (Fsp3) is 0.467. The van der Waals surface area contributed by atoms with Crippen LogP contribution in [0.3, 0.4) is 0 Å². The van der Waals surface area contributed by atoms with E-state index < -0.39 is 50.0 Å². The van der Waals surface area contributed by atoms with E-state index >= 15 is 0 Å². The molecule has 144 valence electrons. The Kier molecular flexibility index (Phi) is 7.21. The van der Waals surface area contributed by atoms with Crippen molar-refractivity contribution < 1.29 is 32.4 Å². The predicted molar refractivity (Wildman–Crippen MR) is 90.2 cm³/mol. The molecule has 1 aromatic rings. The number of esters is 1. The Morgan fingerprint density at radius 3 is 2.38 bits per heavy atom. The van der Waals surface area contributed by atoms with Crippen molar-refractivity contribution in [1.82, 2.24) is 4.31 Å². The van der Waals surface area contributed by atoms with E-state index in [9.17, 15) is 28.1 Å². The van der Waals surface area contributed by atoms with Gasteiger partial charge >= 0.3 is 5.97 Å². The van der Waals surface area contributed by atoms with Crippen molar-refractivity contribution in [2.45, 2.75) is 24.8 Å². The van der Waals surface area contributed by atoms with Crippen LogP contribution in [0.2, 0.25) is 0 Å². The van der Waals surface area contributed by atoms with Crippen molar-refractivity contribution in [3.63, 3.8) is 0 Å². The molecule has 0 heterocycles. The number of benzene rings is 1. The van der Waals surface area contributed by atoms with E-state index in [0.29, 0.717) is 10.6 Å². The van der Waals surface area contributed by atoms with Crippen molar-refractivity contribution in [3.8, 4) is 5.75 Å². The quantitative estimate of drug-likeness (QED) is 0.265. The number of hydrogen-bond donors (Lipinski definition) is 0. The molecule has 0 aromatic heterocycles. The second-order valence-electron chi connectivity index (χ2n) is 5.54. The van der Waals surface area contributed by atoms with Gasteiger partial charge in [-0.05, 0) is 18.1 Å². The zero-order valence-corrected chi connectivity index (χ0v) is 15.6. The highest BCUT2D eigenvalue weighted by molar-refractivity contribution is 7.89. The van der Waals surface area contributed by atoms with Gasteiger partial charge in [0.15, 0.2) is 4.90 Å². The molecule has 0 aliphatic heterocycles. The van der Waals surface area contributed by atoms with E-state index in [4.69, 9.17) is 4.74 Å². The number of aldehydes is 1. The van der Waals surface area contributed by atoms with Gasteiger partial charge in [-0.3, -0.25) is 14.9 Å². The first kappa shape index (κ1) is 21.5. The van der Waals surface area contributed by atoms with Gasteiger partial charge < -0.3 is 14.3 Å². The third-order valence-electron chi connectivity index (χ3n) is 3.59. The van der Waals surface area contributed by atoms with E-state index in [0.717, 1.165) is 19.2 Å². The minimum Gasteiger partial charge on any atom is -0.497 e. The Morgan fingerprint density at radius 1 is 1.35 bits per heavy atom. The third-order valence-corrected chi connectivity index (χ3v) is 5.48. The standard InChI is InChI=1S/C15H20N2O8S/c1-10(2)14(15(19)25-4)16(7-8-18)26(22,23)13-6-5-11(24-3)9-12(13)17(20)21/h5-6,8-10,14H,7H2,1-4H3/t14-/m1/s1. The number of hydrogen-bond acceptors (Lipinski definition) is 8. The molecular weight excluding hydrogens is 368 g/mol. The Balaban J connectivity index is 3.63. The summed E-state index contributed by atoms with van der Waals surface area (Å²) in [5, 5.41) is 11.3. The van der Waals surface area contributed by atoms with Gasteiger partial charge in [-0.15, -0.1) is 0 Å². The lowest BCUT2D eigenvalue weighted by Gasteiger charge is -2.29. The first-order chi connectivity index (χ1) is 12.1. The lowest BCUT2D eigenvalue weighted by Crippen LogP contribution is -2.49. The molecule has 0 saturated heterocycles. The molecule has 1 aromatic carbocycles. The third kappa shape index (κ3) is 4.35. The van der Waals surface area contributed by atoms with Crippen LogP contribution in [0.1, 0.15) is 13.8 Å². The Labute approximate surface area is 150 Å². The smallest absolute Gasteiger partial charge is 0.324 e. The van der Waals surface area contributed by atoms with Crippen LogP contribution in [0, 0.1) is 16.0 Å². The molecule has 26 heavy (non-hydrogen) atoms. The predicted octanol–water partition coefficient (Wildman–Crippen LogP) is 0.991. The van der Waals surface area contributed by atoms with Crippen molar-refractivity contribution in [2.24, 2.45) is 5.92 Å². The number of carbonyl (C=O) groups is 2. The average molecular weight is 388 g/mol. The number of rotatable bonds is 9. The van der Waals surface area contributed by atoms with Gasteiger partial charge in [-0.2, -0.15) is 4.31 Å². The Bertz CT molecular complexity index is 791. The average Bonchev–Trinajstić information content (AvgIpc) is 2.59. The van der Waals surface area contributed by atoms with Crippen LogP contribution < -0.4 is 4.74 Å². The van der Waals surface area contributed by atoms with Crippen molar-refractivity contribution in [2.75, 3.05) is 20.8 Å². The maximum Gasteiger partial charge on any atom is 0.324 e. The maximum absolute atomic E-state index is 13.0. The number of nitrogens with zero attached hydrogens (tertiary/aromatic N) is 2. The van der Waals surface area contributed by atoms with Gasteiger partial charge in [0.25, 0.3) is 15.7 Å². The topological polar surface area (TPSA) is 133 Å². The summed E-state index contributed by atoms with van der Waals surface area (Å²) < 4.78 is 36.2. The first-order valence-corrected chi connectivity index (χ1v) is 8.91. The number of nitro groups is 1. The molecule has 0 fully saturated rings. The minimum atomic E-state index is -4.56. The summed E-state index contributed by atoms with van der Waals surface area (Å²) in [7, 11) is -2.20. The van der Waals surface area contributed by atoms with Crippen LogP contribution in [0.4, 0.5) is 5.69 Å². The Hall–Kier alpha value is -2.53. The molecule has 1 atom stereocenters. The molecule has 0 saturated carbocycles. The van der Waals surface area contributed by atoms with E-state index in [1.54, 1.807) is 13.8 Å². The molecule has 0 bridgehead atoms. The van der Waals surface area contributed by atoms with Gasteiger partial charge in [0.2, 0.25) is 0 Å². The maximum atomic E-state index is 13.0. The van der Waals surface area contributed by atoms with Crippen LogP contribution in [0.5, 0.6) is 5.75 Å². The van der Waals surface area contributed by atoms with Gasteiger partial charge in [-0.1, -0.05) is 13.8 Å². The van der Waals surface area contributed by atoms with Gasteiger partial charge in [0.05, 0.1) is 31.8 Å². The van der Waals surface area contributed by atoms with Crippen LogP contribution in [0.25, 0.3) is 0 Å². The summed E-state index contributed by atoms with van der Waals surface area (Å²) in [5.74, 6) is -1.33. The van der Waals surface area contributed by atoms with Crippen molar-refractivity contribution in [3.05, 3.63) is 28.3 Å². The van der Waals surface area contributed by atoms with Gasteiger partial charge in [0, 0.05) is 0 Å². The molecule has 0 radical (unpaired) electrons. The van der Waals surface area contributed by atoms with Crippen molar-refractivity contribution in [1.29, 1.82) is 0 Å². The van der Waals surface area contributed by atoms with Crippen LogP contribution in [-0.4, -0.2) is 56.7 Å². The summed E-state index contributed by atoms with van der Waals surface area (Å²) >= 11 is 0. The number of methoxy groups -OCH3 is 2. The van der Waals surface area contributed by atoms with Gasteiger partial charge in [0.1, 0.15) is 18.1 Å². The highest BCUT2D eigenvalue weighted by Gasteiger charge is 2.41. The molecule has 11 heteroatoms. The molecule has 0 aliphatic carbocycles.